The summed E-state index contributed by atoms with van der Waals surface area (Å²) in [4.78, 5) is 23.9. The highest BCUT2D eigenvalue weighted by atomic mass is 28.5. The van der Waals surface area contributed by atoms with E-state index in [1.807, 2.05) is 0 Å². The average molecular weight is 627 g/mol. The minimum atomic E-state index is -2.45. The van der Waals surface area contributed by atoms with Gasteiger partial charge in [-0.2, -0.15) is 0 Å². The number of esters is 1. The zero-order valence-corrected chi connectivity index (χ0v) is 25.8. The highest BCUT2D eigenvalue weighted by Crippen LogP contribution is 2.27. The van der Waals surface area contributed by atoms with E-state index >= 15 is 0 Å². The lowest BCUT2D eigenvalue weighted by Gasteiger charge is -2.41. The number of benzene rings is 1. The molecule has 0 aliphatic carbocycles. The van der Waals surface area contributed by atoms with Crippen LogP contribution >= 0.6 is 0 Å². The summed E-state index contributed by atoms with van der Waals surface area (Å²) in [5.74, 6) is -1.51. The lowest BCUT2D eigenvalue weighted by Crippen LogP contribution is -2.56. The van der Waals surface area contributed by atoms with Gasteiger partial charge in [-0.3, -0.25) is 4.79 Å². The van der Waals surface area contributed by atoms with Crippen molar-refractivity contribution in [1.82, 2.24) is 0 Å². The molecule has 11 heteroatoms. The van der Waals surface area contributed by atoms with Crippen LogP contribution in [-0.2, 0) is 26.6 Å². The van der Waals surface area contributed by atoms with Gasteiger partial charge >= 0.3 is 23.1 Å². The Labute approximate surface area is 248 Å². The van der Waals surface area contributed by atoms with Crippen molar-refractivity contribution in [2.24, 2.45) is 0 Å². The van der Waals surface area contributed by atoms with Crippen LogP contribution in [0.3, 0.4) is 0 Å². The summed E-state index contributed by atoms with van der Waals surface area (Å²) in [6.45, 7) is 20.2. The first-order valence-corrected chi connectivity index (χ1v) is 23.6. The number of hydrogen-bond donors (Lipinski definition) is 0. The molecule has 0 aromatic heterocycles. The Hall–Kier alpha value is -0.932. The quantitative estimate of drug-likeness (QED) is 0.0631. The third-order valence-corrected chi connectivity index (χ3v) is 17.7. The van der Waals surface area contributed by atoms with Gasteiger partial charge in [-0.15, -0.1) is 0 Å². The number of carbonyl (C=O) groups is 2. The second kappa shape index (κ2) is 21.8. The van der Waals surface area contributed by atoms with E-state index in [2.05, 4.69) is 58.9 Å². The molecule has 7 nitrogen and oxygen atoms in total. The van der Waals surface area contributed by atoms with Crippen LogP contribution in [0.5, 0.6) is 0 Å². The van der Waals surface area contributed by atoms with Crippen LogP contribution in [0, 0.1) is 0 Å². The Morgan fingerprint density at radius 3 is 1.59 bits per heavy atom. The summed E-state index contributed by atoms with van der Waals surface area (Å²) in [6.07, 6.45) is 0.779. The monoisotopic (exact) mass is 626 g/mol. The van der Waals surface area contributed by atoms with E-state index in [1.165, 1.54) is 0 Å². The first kappa shape index (κ1) is 50.9. The van der Waals surface area contributed by atoms with Crippen LogP contribution < -0.4 is 0 Å². The molecule has 0 radical (unpaired) electrons. The number of rotatable bonds is 15. The van der Waals surface area contributed by atoms with Crippen molar-refractivity contribution in [3.8, 4) is 0 Å². The summed E-state index contributed by atoms with van der Waals surface area (Å²) in [5, 5.41) is 0. The van der Waals surface area contributed by atoms with Gasteiger partial charge in [0.05, 0.1) is 6.61 Å². The summed E-state index contributed by atoms with van der Waals surface area (Å²) >= 11 is 0. The summed E-state index contributed by atoms with van der Waals surface area (Å²) in [7, 11) is -8.28. The molecule has 236 valence electrons. The predicted molar refractivity (Wildman–Crippen MR) is 181 cm³/mol. The van der Waals surface area contributed by atoms with Crippen LogP contribution in [0.25, 0.3) is 0 Å². The van der Waals surface area contributed by atoms with Crippen molar-refractivity contribution in [2.45, 2.75) is 116 Å². The van der Waals surface area contributed by atoms with Gasteiger partial charge in [0, 0.05) is 12.2 Å². The van der Waals surface area contributed by atoms with E-state index < -0.39 is 45.5 Å². The smallest absolute Gasteiger partial charge is 0.379 e. The Bertz CT molecular complexity index is 763. The van der Waals surface area contributed by atoms with Gasteiger partial charge in [0.25, 0.3) is 5.78 Å². The molecular weight excluding hydrogens is 561 g/mol. The number of ketones is 1. The summed E-state index contributed by atoms with van der Waals surface area (Å²) in [5.41, 5.74) is 0.319. The molecule has 0 aliphatic rings. The van der Waals surface area contributed by atoms with Crippen LogP contribution in [-0.4, -0.2) is 65.3 Å². The molecule has 0 fully saturated rings. The lowest BCUT2D eigenvalue weighted by molar-refractivity contribution is -0.139. The zero-order valence-electron chi connectivity index (χ0n) is 21.8. The highest BCUT2D eigenvalue weighted by Gasteiger charge is 2.44. The van der Waals surface area contributed by atoms with Crippen LogP contribution in [0.4, 0.5) is 0 Å². The second-order valence-corrected chi connectivity index (χ2v) is 27.1. The van der Waals surface area contributed by atoms with Crippen LogP contribution in [0.15, 0.2) is 30.3 Å². The lowest BCUT2D eigenvalue weighted by atomic mass is 10.1. The molecule has 1 unspecified atom stereocenters. The van der Waals surface area contributed by atoms with E-state index in [0.29, 0.717) is 12.2 Å². The minimum absolute atomic E-state index is 0. The molecular formula is C28H66O7Si4. The number of hydrogen-bond acceptors (Lipinski definition) is 7. The molecule has 0 bridgehead atoms. The minimum Gasteiger partial charge on any atom is -0.457 e. The molecule has 1 aromatic rings. The molecule has 0 N–H and O–H groups in total. The number of ether oxygens (including phenoxy) is 2. The van der Waals surface area contributed by atoms with Gasteiger partial charge in [0.15, 0.2) is 16.6 Å². The molecule has 0 saturated carbocycles. The third-order valence-electron chi connectivity index (χ3n) is 4.14. The molecule has 39 heavy (non-hydrogen) atoms. The maximum atomic E-state index is 12.0. The molecule has 1 aromatic carbocycles. The molecule has 1 rings (SSSR count). The summed E-state index contributed by atoms with van der Waals surface area (Å²) < 4.78 is 30.3. The van der Waals surface area contributed by atoms with Gasteiger partial charge in [-0.05, 0) is 71.4 Å². The number of Topliss-reactive ketones (excluding diaryl/α,β-unsaturated/α-hetero) is 1. The fourth-order valence-corrected chi connectivity index (χ4v) is 21.5. The van der Waals surface area contributed by atoms with Crippen molar-refractivity contribution in [1.29, 1.82) is 0 Å². The average Bonchev–Trinajstić information content (AvgIpc) is 2.63. The highest BCUT2D eigenvalue weighted by molar-refractivity contribution is 6.89. The molecule has 0 amide bonds. The predicted octanol–water partition coefficient (Wildman–Crippen LogP) is 9.13. The Kier molecular flexibility index (Phi) is 28.4. The largest absolute Gasteiger partial charge is 0.457 e. The zero-order chi connectivity index (χ0) is 25.3. The normalized spacial score (nSPS) is 12.3. The van der Waals surface area contributed by atoms with Crippen LogP contribution in [0.1, 0.15) is 61.3 Å². The maximum absolute atomic E-state index is 12.0. The SMILES string of the molecule is C.C.C.C.C.C.C[Si](C)(C)O[Si](C)(C)O[Si](C)(CCCOCCOC(=O)C(=O)c1ccccc1)O[Si](C)(C)C. The van der Waals surface area contributed by atoms with E-state index in [1.54, 1.807) is 30.3 Å². The third kappa shape index (κ3) is 23.5. The maximum Gasteiger partial charge on any atom is 0.379 e. The Morgan fingerprint density at radius 1 is 0.641 bits per heavy atom. The first-order valence-electron chi connectivity index (χ1n) is 11.5. The van der Waals surface area contributed by atoms with E-state index in [4.69, 9.17) is 21.8 Å². The van der Waals surface area contributed by atoms with Gasteiger partial charge in [-0.25, -0.2) is 4.79 Å². The Balaban J connectivity index is -0.000000454. The molecule has 0 heterocycles. The molecule has 0 aliphatic heterocycles. The van der Waals surface area contributed by atoms with Crippen molar-refractivity contribution in [3.05, 3.63) is 35.9 Å². The van der Waals surface area contributed by atoms with Crippen molar-refractivity contribution in [2.75, 3.05) is 19.8 Å². The van der Waals surface area contributed by atoms with Crippen molar-refractivity contribution >= 4 is 45.5 Å². The van der Waals surface area contributed by atoms with Gasteiger partial charge in [0.2, 0.25) is 0 Å². The first-order chi connectivity index (χ1) is 15.0. The van der Waals surface area contributed by atoms with E-state index in [0.717, 1.165) is 12.5 Å². The Morgan fingerprint density at radius 2 is 1.13 bits per heavy atom. The van der Waals surface area contributed by atoms with Crippen molar-refractivity contribution in [3.63, 3.8) is 0 Å². The van der Waals surface area contributed by atoms with Gasteiger partial charge in [-0.1, -0.05) is 74.9 Å². The fraction of sp³-hybridized carbons (Fsp3) is 0.714. The molecule has 0 spiro atoms. The van der Waals surface area contributed by atoms with Crippen molar-refractivity contribution < 1.29 is 31.4 Å². The van der Waals surface area contributed by atoms with Gasteiger partial charge < -0.3 is 21.8 Å². The molecule has 1 atom stereocenters. The van der Waals surface area contributed by atoms with E-state index in [9.17, 15) is 9.59 Å². The summed E-state index contributed by atoms with van der Waals surface area (Å²) in [6, 6.07) is 9.17. The second-order valence-electron chi connectivity index (χ2n) is 10.6. The van der Waals surface area contributed by atoms with Crippen LogP contribution in [0.2, 0.25) is 65.0 Å². The standard InChI is InChI=1S/C22H42O7Si4.6CH4/c1-30(2,3)27-32(7,8)29-33(9,28-31(4,5)6)19-13-16-25-17-18-26-22(24)21(23)20-14-11-10-12-15-20;;;;;;/h10-12,14-15H,13,16-19H2,1-9H3;6*1H4. The van der Waals surface area contributed by atoms with Gasteiger partial charge in [0.1, 0.15) is 6.61 Å². The fourth-order valence-electron chi connectivity index (χ4n) is 3.61. The topological polar surface area (TPSA) is 80.3 Å². The van der Waals surface area contributed by atoms with E-state index in [-0.39, 0.29) is 57.8 Å². The number of carbonyl (C=O) groups excluding carboxylic acids is 2. The molecule has 0 saturated heterocycles.